The van der Waals surface area contributed by atoms with Gasteiger partial charge in [0.1, 0.15) is 0 Å². The molecule has 0 aromatic rings. The van der Waals surface area contributed by atoms with Gasteiger partial charge in [-0.15, -0.1) is 0 Å². The summed E-state index contributed by atoms with van der Waals surface area (Å²) in [5.74, 6) is -2.63. The van der Waals surface area contributed by atoms with Crippen molar-refractivity contribution in [3.05, 3.63) is 11.6 Å². The molecule has 20 heavy (non-hydrogen) atoms. The lowest BCUT2D eigenvalue weighted by Gasteiger charge is -2.22. The van der Waals surface area contributed by atoms with Crippen LogP contribution >= 0.6 is 0 Å². The van der Waals surface area contributed by atoms with Crippen LogP contribution in [0.4, 0.5) is 0 Å². The Morgan fingerprint density at radius 3 is 2.20 bits per heavy atom. The van der Waals surface area contributed by atoms with Crippen LogP contribution in [0.5, 0.6) is 0 Å². The van der Waals surface area contributed by atoms with Gasteiger partial charge in [0.25, 0.3) is 0 Å². The van der Waals surface area contributed by atoms with Gasteiger partial charge in [0.15, 0.2) is 6.10 Å². The van der Waals surface area contributed by atoms with E-state index in [1.807, 2.05) is 26.6 Å². The maximum atomic E-state index is 11.9. The van der Waals surface area contributed by atoms with Gasteiger partial charge < -0.3 is 14.3 Å². The number of hydrogen-bond acceptors (Lipinski definition) is 5. The lowest BCUT2D eigenvalue weighted by molar-refractivity contribution is -0.160. The van der Waals surface area contributed by atoms with Gasteiger partial charge in [0.2, 0.25) is 8.32 Å². The summed E-state index contributed by atoms with van der Waals surface area (Å²) >= 11 is 0. The summed E-state index contributed by atoms with van der Waals surface area (Å²) in [5.41, 5.74) is -0.0700. The predicted molar refractivity (Wildman–Crippen MR) is 75.6 cm³/mol. The molecular weight excluding hydrogens is 280 g/mol. The molecular formula is C13H22O6Si. The fraction of sp³-hybridized carbons (Fsp3) is 0.615. The topological polar surface area (TPSA) is 89.9 Å². The summed E-state index contributed by atoms with van der Waals surface area (Å²) in [6, 6.07) is 0. The van der Waals surface area contributed by atoms with Crippen molar-refractivity contribution < 1.29 is 28.7 Å². The zero-order chi connectivity index (χ0) is 15.9. The van der Waals surface area contributed by atoms with E-state index in [0.717, 1.165) is 6.08 Å². The summed E-state index contributed by atoms with van der Waals surface area (Å²) in [5, 5.41) is 8.56. The molecule has 6 nitrogen and oxygen atoms in total. The van der Waals surface area contributed by atoms with Crippen molar-refractivity contribution in [1.82, 2.24) is 0 Å². The van der Waals surface area contributed by atoms with E-state index in [4.69, 9.17) is 14.3 Å². The number of hydrogen-bond donors (Lipinski definition) is 1. The van der Waals surface area contributed by atoms with Crippen LogP contribution in [0.15, 0.2) is 11.6 Å². The first-order valence-electron chi connectivity index (χ1n) is 6.42. The molecule has 0 spiro atoms. The normalized spacial score (nSPS) is 13.6. The van der Waals surface area contributed by atoms with Crippen molar-refractivity contribution in [2.75, 3.05) is 0 Å². The van der Waals surface area contributed by atoms with E-state index >= 15 is 0 Å². The summed E-state index contributed by atoms with van der Waals surface area (Å²) < 4.78 is 10.3. The molecule has 0 aliphatic heterocycles. The highest BCUT2D eigenvalue weighted by molar-refractivity contribution is 6.71. The maximum absolute atomic E-state index is 11.9. The molecule has 114 valence electrons. The molecule has 0 aliphatic carbocycles. The smallest absolute Gasteiger partial charge is 0.334 e. The van der Waals surface area contributed by atoms with Gasteiger partial charge >= 0.3 is 17.9 Å². The summed E-state index contributed by atoms with van der Waals surface area (Å²) in [6.45, 7) is 8.73. The Morgan fingerprint density at radius 2 is 1.80 bits per heavy atom. The molecule has 0 rings (SSSR count). The first-order chi connectivity index (χ1) is 9.06. The molecule has 0 saturated carbocycles. The summed E-state index contributed by atoms with van der Waals surface area (Å²) in [4.78, 5) is 34.1. The molecule has 0 aromatic carbocycles. The van der Waals surface area contributed by atoms with E-state index in [-0.39, 0.29) is 5.57 Å². The third-order valence-corrected chi connectivity index (χ3v) is 2.95. The van der Waals surface area contributed by atoms with Crippen LogP contribution in [0.1, 0.15) is 26.7 Å². The fourth-order valence-corrected chi connectivity index (χ4v) is 2.06. The maximum Gasteiger partial charge on any atom is 0.334 e. The van der Waals surface area contributed by atoms with Gasteiger partial charge in [-0.05, 0) is 33.0 Å². The molecule has 1 N–H and O–H groups in total. The Balaban J connectivity index is 4.82. The van der Waals surface area contributed by atoms with E-state index < -0.39 is 32.3 Å². The van der Waals surface area contributed by atoms with Crippen molar-refractivity contribution >= 4 is 26.2 Å². The lowest BCUT2D eigenvalue weighted by atomic mass is 10.2. The molecule has 0 amide bonds. The zero-order valence-corrected chi connectivity index (χ0v) is 13.6. The number of carboxylic acids is 1. The molecule has 0 heterocycles. The number of rotatable bonds is 7. The summed E-state index contributed by atoms with van der Waals surface area (Å²) in [6.07, 6.45) is 0.738. The second-order valence-electron chi connectivity index (χ2n) is 5.38. The average Bonchev–Trinajstić information content (AvgIpc) is 2.24. The number of aliphatic carboxylic acids is 1. The lowest BCUT2D eigenvalue weighted by Crippen LogP contribution is -2.37. The van der Waals surface area contributed by atoms with Crippen molar-refractivity contribution in [3.8, 4) is 0 Å². The predicted octanol–water partition coefficient (Wildman–Crippen LogP) is 2.11. The second kappa shape index (κ2) is 7.84. The van der Waals surface area contributed by atoms with Gasteiger partial charge in [-0.2, -0.15) is 0 Å². The molecule has 0 saturated heterocycles. The van der Waals surface area contributed by atoms with Crippen molar-refractivity contribution in [1.29, 1.82) is 0 Å². The van der Waals surface area contributed by atoms with Gasteiger partial charge in [0.05, 0.1) is 0 Å². The third-order valence-electron chi connectivity index (χ3n) is 2.13. The number of carboxylic acid groups (broad SMARTS) is 1. The Bertz CT molecular complexity index is 408. The van der Waals surface area contributed by atoms with Crippen LogP contribution in [0, 0.1) is 0 Å². The minimum Gasteiger partial charge on any atom is -0.517 e. The van der Waals surface area contributed by atoms with Gasteiger partial charge in [-0.1, -0.05) is 13.3 Å². The van der Waals surface area contributed by atoms with E-state index in [9.17, 15) is 14.4 Å². The van der Waals surface area contributed by atoms with Crippen molar-refractivity contribution in [2.45, 2.75) is 52.4 Å². The Kier molecular flexibility index (Phi) is 7.20. The van der Waals surface area contributed by atoms with Crippen molar-refractivity contribution in [3.63, 3.8) is 0 Å². The number of esters is 1. The minimum atomic E-state index is -2.07. The van der Waals surface area contributed by atoms with Crippen LogP contribution in [0.25, 0.3) is 0 Å². The molecule has 7 heteroatoms. The van der Waals surface area contributed by atoms with E-state index in [0.29, 0.717) is 12.8 Å². The summed E-state index contributed by atoms with van der Waals surface area (Å²) in [7, 11) is -2.07. The number of ether oxygens (including phenoxy) is 1. The first kappa shape index (κ1) is 18.4. The van der Waals surface area contributed by atoms with E-state index in [1.54, 1.807) is 0 Å². The highest BCUT2D eigenvalue weighted by Gasteiger charge is 2.29. The monoisotopic (exact) mass is 302 g/mol. The molecule has 0 bridgehead atoms. The van der Waals surface area contributed by atoms with Crippen LogP contribution < -0.4 is 0 Å². The van der Waals surface area contributed by atoms with Crippen LogP contribution in [0.2, 0.25) is 19.6 Å². The quantitative estimate of drug-likeness (QED) is 0.440. The highest BCUT2D eigenvalue weighted by atomic mass is 28.4. The second-order valence-corrected chi connectivity index (χ2v) is 9.81. The van der Waals surface area contributed by atoms with Crippen molar-refractivity contribution in [2.24, 2.45) is 0 Å². The Labute approximate surface area is 119 Å². The molecule has 1 atom stereocenters. The third kappa shape index (κ3) is 7.73. The Morgan fingerprint density at radius 1 is 1.25 bits per heavy atom. The van der Waals surface area contributed by atoms with Crippen LogP contribution in [0.3, 0.4) is 0 Å². The number of carbonyl (C=O) groups excluding carboxylic acids is 2. The zero-order valence-electron chi connectivity index (χ0n) is 12.6. The van der Waals surface area contributed by atoms with Gasteiger partial charge in [-0.25, -0.2) is 14.4 Å². The average molecular weight is 302 g/mol. The Hall–Kier alpha value is -1.63. The number of carbonyl (C=O) groups is 3. The largest absolute Gasteiger partial charge is 0.517 e. The molecule has 0 aromatic heterocycles. The van der Waals surface area contributed by atoms with E-state index in [1.165, 1.54) is 6.92 Å². The standard InChI is InChI=1S/C13H22O6Si/c1-6-7-10(13(17)19-20(3,4)5)18-12(16)9(2)8-11(14)15/h8,10H,6-7H2,1-5H3,(H,14,15)/b9-8-. The van der Waals surface area contributed by atoms with E-state index in [2.05, 4.69) is 0 Å². The van der Waals surface area contributed by atoms with Crippen LogP contribution in [-0.2, 0) is 23.5 Å². The fourth-order valence-electron chi connectivity index (χ4n) is 1.32. The highest BCUT2D eigenvalue weighted by Crippen LogP contribution is 2.12. The molecule has 0 aliphatic rings. The molecule has 0 fully saturated rings. The van der Waals surface area contributed by atoms with Crippen LogP contribution in [-0.4, -0.2) is 37.4 Å². The SMILES string of the molecule is CCCC(OC(=O)/C(C)=C\C(=O)O)C(=O)O[Si](C)(C)C. The van der Waals surface area contributed by atoms with Gasteiger partial charge in [-0.3, -0.25) is 0 Å². The minimum absolute atomic E-state index is 0.0700. The van der Waals surface area contributed by atoms with Gasteiger partial charge in [0, 0.05) is 11.6 Å². The first-order valence-corrected chi connectivity index (χ1v) is 9.82. The molecule has 0 radical (unpaired) electrons. The molecule has 1 unspecified atom stereocenters.